The second-order valence-electron chi connectivity index (χ2n) is 8.33. The largest absolute Gasteiger partial charge is 0.439 e. The predicted molar refractivity (Wildman–Crippen MR) is 142 cm³/mol. The fraction of sp³-hybridized carbons (Fsp3) is 0.250. The van der Waals surface area contributed by atoms with Gasteiger partial charge in [0.25, 0.3) is 0 Å². The quantitative estimate of drug-likeness (QED) is 0.289. The molecule has 5 nitrogen and oxygen atoms in total. The van der Waals surface area contributed by atoms with Crippen LogP contribution in [0.4, 0.5) is 4.79 Å². The summed E-state index contributed by atoms with van der Waals surface area (Å²) in [7, 11) is 0. The normalized spacial score (nSPS) is 16.7. The lowest BCUT2D eigenvalue weighted by molar-refractivity contribution is -0.129. The van der Waals surface area contributed by atoms with Crippen molar-refractivity contribution in [1.82, 2.24) is 4.90 Å². The van der Waals surface area contributed by atoms with Crippen molar-refractivity contribution in [2.45, 2.75) is 44.8 Å². The second-order valence-corrected chi connectivity index (χ2v) is 9.62. The standard InChI is InChI=1S/C19H18ClNO3.C9H8Cl2O/c1-13-18(15-5-3-2-4-6-15)24-19(23)21(13)17(22)12-9-14-7-10-16(20)11-8-14;10-8-4-1-7(2-5-8)3-6-9(11)12/h2-8,10-11,13,18H,9,12H2,1H3;1-2,4-5H,3,6H2/t13-,18-;/m1./s1. The Bertz CT molecular complexity index is 1170. The van der Waals surface area contributed by atoms with Crippen molar-refractivity contribution in [2.24, 2.45) is 0 Å². The average molecular weight is 547 g/mol. The number of rotatable bonds is 7. The molecule has 188 valence electrons. The maximum Gasteiger partial charge on any atom is 0.417 e. The van der Waals surface area contributed by atoms with Crippen molar-refractivity contribution < 1.29 is 19.1 Å². The third-order valence-corrected chi connectivity index (χ3v) is 6.42. The fourth-order valence-electron chi connectivity index (χ4n) is 3.80. The first-order valence-electron chi connectivity index (χ1n) is 11.5. The third-order valence-electron chi connectivity index (χ3n) is 5.73. The SMILES string of the molecule is C[C@@H]1[C@H](c2ccccc2)OC(=O)N1C(=O)CCc1ccc(Cl)cc1.O=C(Cl)CCc1ccc(Cl)cc1. The third kappa shape index (κ3) is 8.09. The van der Waals surface area contributed by atoms with Crippen molar-refractivity contribution in [3.05, 3.63) is 106 Å². The Morgan fingerprint density at radius 2 is 1.31 bits per heavy atom. The molecule has 1 aliphatic rings. The number of hydrogen-bond acceptors (Lipinski definition) is 4. The number of imide groups is 1. The highest BCUT2D eigenvalue weighted by Gasteiger charge is 2.42. The van der Waals surface area contributed by atoms with Gasteiger partial charge in [0.15, 0.2) is 0 Å². The Labute approximate surface area is 225 Å². The van der Waals surface area contributed by atoms with Gasteiger partial charge >= 0.3 is 6.09 Å². The zero-order valence-electron chi connectivity index (χ0n) is 19.7. The first kappa shape index (κ1) is 27.7. The summed E-state index contributed by atoms with van der Waals surface area (Å²) in [5.41, 5.74) is 2.98. The van der Waals surface area contributed by atoms with E-state index in [1.54, 1.807) is 24.3 Å². The number of cyclic esters (lactones) is 1. The molecule has 0 saturated carbocycles. The van der Waals surface area contributed by atoms with Gasteiger partial charge in [0.2, 0.25) is 11.1 Å². The topological polar surface area (TPSA) is 63.7 Å². The molecule has 0 radical (unpaired) electrons. The van der Waals surface area contributed by atoms with Crippen molar-refractivity contribution in [2.75, 3.05) is 0 Å². The minimum atomic E-state index is -0.572. The Morgan fingerprint density at radius 3 is 1.81 bits per heavy atom. The molecule has 0 bridgehead atoms. The van der Waals surface area contributed by atoms with Gasteiger partial charge in [0.1, 0.15) is 6.10 Å². The Hall–Kier alpha value is -2.86. The molecule has 1 aliphatic heterocycles. The van der Waals surface area contributed by atoms with Gasteiger partial charge in [-0.3, -0.25) is 9.59 Å². The maximum absolute atomic E-state index is 12.5. The molecule has 0 spiro atoms. The van der Waals surface area contributed by atoms with Crippen LogP contribution in [0, 0.1) is 0 Å². The van der Waals surface area contributed by atoms with Crippen LogP contribution in [0.15, 0.2) is 78.9 Å². The predicted octanol–water partition coefficient (Wildman–Crippen LogP) is 7.42. The molecule has 0 aliphatic carbocycles. The van der Waals surface area contributed by atoms with Gasteiger partial charge in [-0.05, 0) is 72.3 Å². The number of carbonyl (C=O) groups is 3. The van der Waals surface area contributed by atoms with Crippen LogP contribution in [0.5, 0.6) is 0 Å². The lowest BCUT2D eigenvalue weighted by atomic mass is 10.0. The lowest BCUT2D eigenvalue weighted by Gasteiger charge is -2.19. The minimum Gasteiger partial charge on any atom is -0.439 e. The molecule has 0 aromatic heterocycles. The highest BCUT2D eigenvalue weighted by molar-refractivity contribution is 6.63. The second kappa shape index (κ2) is 13.4. The molecule has 2 amide bonds. The number of halogens is 3. The van der Waals surface area contributed by atoms with Crippen molar-refractivity contribution in [1.29, 1.82) is 0 Å². The Kier molecular flexibility index (Phi) is 10.4. The minimum absolute atomic E-state index is 0.221. The number of ether oxygens (including phenoxy) is 1. The summed E-state index contributed by atoms with van der Waals surface area (Å²) >= 11 is 16.7. The molecule has 0 unspecified atom stereocenters. The van der Waals surface area contributed by atoms with Crippen LogP contribution in [-0.4, -0.2) is 28.2 Å². The summed E-state index contributed by atoms with van der Waals surface area (Å²) < 4.78 is 5.41. The molecule has 1 fully saturated rings. The number of benzene rings is 3. The zero-order chi connectivity index (χ0) is 26.1. The van der Waals surface area contributed by atoms with Crippen LogP contribution in [0.2, 0.25) is 10.0 Å². The van der Waals surface area contributed by atoms with E-state index in [0.29, 0.717) is 29.3 Å². The van der Waals surface area contributed by atoms with E-state index in [2.05, 4.69) is 0 Å². The molecule has 2 atom stereocenters. The fourth-order valence-corrected chi connectivity index (χ4v) is 4.15. The molecule has 36 heavy (non-hydrogen) atoms. The van der Waals surface area contributed by atoms with Gasteiger partial charge in [-0.25, -0.2) is 9.69 Å². The zero-order valence-corrected chi connectivity index (χ0v) is 22.0. The first-order valence-corrected chi connectivity index (χ1v) is 12.6. The van der Waals surface area contributed by atoms with Crippen LogP contribution in [0.1, 0.15) is 42.6 Å². The molecule has 4 rings (SSSR count). The van der Waals surface area contributed by atoms with Gasteiger partial charge < -0.3 is 4.74 Å². The smallest absolute Gasteiger partial charge is 0.417 e. The number of nitrogens with zero attached hydrogens (tertiary/aromatic N) is 1. The maximum atomic E-state index is 12.5. The van der Waals surface area contributed by atoms with Crippen LogP contribution in [0.3, 0.4) is 0 Å². The van der Waals surface area contributed by atoms with Gasteiger partial charge in [0, 0.05) is 22.9 Å². The number of hydrogen-bond donors (Lipinski definition) is 0. The van der Waals surface area contributed by atoms with Crippen LogP contribution >= 0.6 is 34.8 Å². The number of carbonyl (C=O) groups excluding carboxylic acids is 3. The molecular weight excluding hydrogens is 521 g/mol. The highest BCUT2D eigenvalue weighted by atomic mass is 35.5. The van der Waals surface area contributed by atoms with Gasteiger partial charge in [-0.1, -0.05) is 77.8 Å². The summed E-state index contributed by atoms with van der Waals surface area (Å²) in [5.74, 6) is -0.221. The summed E-state index contributed by atoms with van der Waals surface area (Å²) in [5, 5.41) is 1.06. The van der Waals surface area contributed by atoms with Crippen molar-refractivity contribution in [3.63, 3.8) is 0 Å². The molecule has 3 aromatic rings. The monoisotopic (exact) mass is 545 g/mol. The van der Waals surface area contributed by atoms with Crippen LogP contribution in [0.25, 0.3) is 0 Å². The summed E-state index contributed by atoms with van der Waals surface area (Å²) in [6, 6.07) is 23.9. The number of amides is 2. The van der Waals surface area contributed by atoms with E-state index in [1.807, 2.05) is 61.5 Å². The van der Waals surface area contributed by atoms with Gasteiger partial charge in [-0.2, -0.15) is 0 Å². The van der Waals surface area contributed by atoms with Crippen LogP contribution < -0.4 is 0 Å². The summed E-state index contributed by atoms with van der Waals surface area (Å²) in [6.45, 7) is 1.84. The van der Waals surface area contributed by atoms with E-state index in [4.69, 9.17) is 39.5 Å². The van der Waals surface area contributed by atoms with E-state index < -0.39 is 12.2 Å². The number of aryl methyl sites for hydroxylation is 2. The van der Waals surface area contributed by atoms with Crippen molar-refractivity contribution in [3.8, 4) is 0 Å². The van der Waals surface area contributed by atoms with E-state index in [-0.39, 0.29) is 23.6 Å². The van der Waals surface area contributed by atoms with E-state index in [9.17, 15) is 14.4 Å². The lowest BCUT2D eigenvalue weighted by Crippen LogP contribution is -2.37. The van der Waals surface area contributed by atoms with Gasteiger partial charge in [0.05, 0.1) is 6.04 Å². The molecule has 8 heteroatoms. The average Bonchev–Trinajstić information content (AvgIpc) is 3.17. The Balaban J connectivity index is 0.000000253. The first-order chi connectivity index (χ1) is 17.2. The molecule has 3 aromatic carbocycles. The summed E-state index contributed by atoms with van der Waals surface area (Å²) in [4.78, 5) is 36.3. The Morgan fingerprint density at radius 1 is 0.806 bits per heavy atom. The molecule has 1 heterocycles. The molecular formula is C28H26Cl3NO4. The highest BCUT2D eigenvalue weighted by Crippen LogP contribution is 2.32. The van der Waals surface area contributed by atoms with E-state index in [0.717, 1.165) is 16.7 Å². The molecule has 0 N–H and O–H groups in total. The molecule has 1 saturated heterocycles. The van der Waals surface area contributed by atoms with Gasteiger partial charge in [-0.15, -0.1) is 0 Å². The van der Waals surface area contributed by atoms with E-state index in [1.165, 1.54) is 4.90 Å². The summed E-state index contributed by atoms with van der Waals surface area (Å²) in [6.07, 6.45) is 0.879. The van der Waals surface area contributed by atoms with Crippen LogP contribution in [-0.2, 0) is 27.2 Å². The van der Waals surface area contributed by atoms with E-state index >= 15 is 0 Å². The van der Waals surface area contributed by atoms with Crippen molar-refractivity contribution >= 4 is 52.0 Å².